The molecule has 0 aliphatic heterocycles. The first-order valence-corrected chi connectivity index (χ1v) is 6.66. The first-order valence-electron chi connectivity index (χ1n) is 6.66. The number of nitro benzene ring substituents is 1. The van der Waals surface area contributed by atoms with Crippen molar-refractivity contribution in [3.8, 4) is 0 Å². The Balaban J connectivity index is 1.76. The molecule has 0 aromatic heterocycles. The summed E-state index contributed by atoms with van der Waals surface area (Å²) in [4.78, 5) is 10.2. The Bertz CT molecular complexity index is 415. The maximum atomic E-state index is 10.5. The van der Waals surface area contributed by atoms with Crippen molar-refractivity contribution in [1.29, 1.82) is 0 Å². The summed E-state index contributed by atoms with van der Waals surface area (Å²) in [6.07, 6.45) is 3.46. The average molecular weight is 264 g/mol. The quantitative estimate of drug-likeness (QED) is 0.577. The number of non-ortho nitro benzene ring substituents is 1. The standard InChI is InChI=1S/C14H20N2O3/c1-19-10-14(12-4-5-12)15-9-8-11-2-6-13(7-3-11)16(17)18/h2-3,6-7,12,14-15H,4-5,8-10H2,1H3. The van der Waals surface area contributed by atoms with Crippen LogP contribution < -0.4 is 5.32 Å². The number of hydrogen-bond donors (Lipinski definition) is 1. The van der Waals surface area contributed by atoms with Crippen LogP contribution in [-0.4, -0.2) is 31.2 Å². The van der Waals surface area contributed by atoms with Crippen LogP contribution in [0, 0.1) is 16.0 Å². The molecule has 0 amide bonds. The number of hydrogen-bond acceptors (Lipinski definition) is 4. The molecule has 1 fully saturated rings. The molecule has 1 aromatic rings. The molecule has 0 spiro atoms. The van der Waals surface area contributed by atoms with Crippen molar-refractivity contribution < 1.29 is 9.66 Å². The molecule has 5 nitrogen and oxygen atoms in total. The molecule has 1 N–H and O–H groups in total. The van der Waals surface area contributed by atoms with Gasteiger partial charge in [-0.15, -0.1) is 0 Å². The van der Waals surface area contributed by atoms with E-state index in [0.29, 0.717) is 6.04 Å². The van der Waals surface area contributed by atoms with Crippen molar-refractivity contribution in [2.24, 2.45) is 5.92 Å². The van der Waals surface area contributed by atoms with Gasteiger partial charge in [-0.1, -0.05) is 12.1 Å². The lowest BCUT2D eigenvalue weighted by Gasteiger charge is -2.17. The van der Waals surface area contributed by atoms with Gasteiger partial charge in [-0.3, -0.25) is 10.1 Å². The monoisotopic (exact) mass is 264 g/mol. The Morgan fingerprint density at radius 1 is 1.42 bits per heavy atom. The zero-order valence-electron chi connectivity index (χ0n) is 11.2. The van der Waals surface area contributed by atoms with Crippen molar-refractivity contribution in [2.75, 3.05) is 20.3 Å². The lowest BCUT2D eigenvalue weighted by atomic mass is 10.1. The first kappa shape index (κ1) is 14.0. The summed E-state index contributed by atoms with van der Waals surface area (Å²) in [5.74, 6) is 0.761. The summed E-state index contributed by atoms with van der Waals surface area (Å²) >= 11 is 0. The van der Waals surface area contributed by atoms with Crippen LogP contribution in [0.4, 0.5) is 5.69 Å². The third-order valence-electron chi connectivity index (χ3n) is 3.50. The van der Waals surface area contributed by atoms with Crippen LogP contribution in [0.5, 0.6) is 0 Å². The molecule has 104 valence electrons. The second-order valence-electron chi connectivity index (χ2n) is 5.03. The predicted molar refractivity (Wildman–Crippen MR) is 73.2 cm³/mol. The van der Waals surface area contributed by atoms with E-state index >= 15 is 0 Å². The zero-order valence-corrected chi connectivity index (χ0v) is 11.2. The second kappa shape index (κ2) is 6.63. The fourth-order valence-corrected chi connectivity index (χ4v) is 2.23. The highest BCUT2D eigenvalue weighted by molar-refractivity contribution is 5.32. The predicted octanol–water partition coefficient (Wildman–Crippen LogP) is 2.15. The minimum atomic E-state index is -0.371. The third kappa shape index (κ3) is 4.29. The van der Waals surface area contributed by atoms with Crippen LogP contribution in [0.1, 0.15) is 18.4 Å². The average Bonchev–Trinajstić information content (AvgIpc) is 3.22. The van der Waals surface area contributed by atoms with Crippen LogP contribution in [-0.2, 0) is 11.2 Å². The summed E-state index contributed by atoms with van der Waals surface area (Å²) < 4.78 is 5.21. The molecule has 1 aliphatic carbocycles. The van der Waals surface area contributed by atoms with Gasteiger partial charge in [0, 0.05) is 25.3 Å². The Kier molecular flexibility index (Phi) is 4.87. The number of nitrogens with zero attached hydrogens (tertiary/aromatic N) is 1. The van der Waals surface area contributed by atoms with E-state index in [4.69, 9.17) is 4.74 Å². The van der Waals surface area contributed by atoms with Gasteiger partial charge in [0.15, 0.2) is 0 Å². The largest absolute Gasteiger partial charge is 0.383 e. The van der Waals surface area contributed by atoms with E-state index in [1.165, 1.54) is 12.8 Å². The molecular formula is C14H20N2O3. The third-order valence-corrected chi connectivity index (χ3v) is 3.50. The summed E-state index contributed by atoms with van der Waals surface area (Å²) in [5.41, 5.74) is 1.26. The van der Waals surface area contributed by atoms with Crippen LogP contribution in [0.25, 0.3) is 0 Å². The normalized spacial score (nSPS) is 16.3. The fourth-order valence-electron chi connectivity index (χ4n) is 2.23. The first-order chi connectivity index (χ1) is 9.20. The second-order valence-corrected chi connectivity index (χ2v) is 5.03. The molecule has 19 heavy (non-hydrogen) atoms. The van der Waals surface area contributed by atoms with Crippen molar-refractivity contribution in [3.63, 3.8) is 0 Å². The van der Waals surface area contributed by atoms with Gasteiger partial charge in [0.1, 0.15) is 0 Å². The molecule has 1 aromatic carbocycles. The van der Waals surface area contributed by atoms with E-state index in [-0.39, 0.29) is 10.6 Å². The van der Waals surface area contributed by atoms with E-state index in [0.717, 1.165) is 31.1 Å². The molecule has 1 saturated carbocycles. The van der Waals surface area contributed by atoms with Gasteiger partial charge in [0.05, 0.1) is 11.5 Å². The summed E-state index contributed by atoms with van der Waals surface area (Å²) in [6.45, 7) is 1.63. The molecule has 0 bridgehead atoms. The molecule has 1 aliphatic rings. The minimum absolute atomic E-state index is 0.145. The highest BCUT2D eigenvalue weighted by atomic mass is 16.6. The van der Waals surface area contributed by atoms with Crippen molar-refractivity contribution in [2.45, 2.75) is 25.3 Å². The molecule has 0 radical (unpaired) electrons. The summed E-state index contributed by atoms with van der Waals surface area (Å²) in [5, 5.41) is 14.1. The SMILES string of the molecule is COCC(NCCc1ccc([N+](=O)[O-])cc1)C1CC1. The summed E-state index contributed by atoms with van der Waals surface area (Å²) in [7, 11) is 1.73. The molecule has 0 heterocycles. The maximum Gasteiger partial charge on any atom is 0.269 e. The van der Waals surface area contributed by atoms with E-state index < -0.39 is 0 Å². The van der Waals surface area contributed by atoms with Crippen LogP contribution in [0.2, 0.25) is 0 Å². The molecule has 5 heteroatoms. The van der Waals surface area contributed by atoms with E-state index in [1.54, 1.807) is 19.2 Å². The number of ether oxygens (including phenoxy) is 1. The highest BCUT2D eigenvalue weighted by Crippen LogP contribution is 2.32. The van der Waals surface area contributed by atoms with Gasteiger partial charge in [0.2, 0.25) is 0 Å². The topological polar surface area (TPSA) is 64.4 Å². The number of methoxy groups -OCH3 is 1. The highest BCUT2D eigenvalue weighted by Gasteiger charge is 2.30. The molecule has 1 atom stereocenters. The van der Waals surface area contributed by atoms with Crippen LogP contribution in [0.15, 0.2) is 24.3 Å². The van der Waals surface area contributed by atoms with Gasteiger partial charge in [-0.2, -0.15) is 0 Å². The smallest absolute Gasteiger partial charge is 0.269 e. The van der Waals surface area contributed by atoms with Crippen molar-refractivity contribution >= 4 is 5.69 Å². The van der Waals surface area contributed by atoms with Gasteiger partial charge >= 0.3 is 0 Å². The van der Waals surface area contributed by atoms with E-state index in [2.05, 4.69) is 5.32 Å². The molecule has 2 rings (SSSR count). The Morgan fingerprint density at radius 2 is 2.11 bits per heavy atom. The molecule has 0 saturated heterocycles. The van der Waals surface area contributed by atoms with E-state index in [9.17, 15) is 10.1 Å². The van der Waals surface area contributed by atoms with Gasteiger partial charge in [-0.05, 0) is 37.3 Å². The van der Waals surface area contributed by atoms with Gasteiger partial charge in [0.25, 0.3) is 5.69 Å². The van der Waals surface area contributed by atoms with Crippen molar-refractivity contribution in [1.82, 2.24) is 5.32 Å². The van der Waals surface area contributed by atoms with Crippen molar-refractivity contribution in [3.05, 3.63) is 39.9 Å². The molecular weight excluding hydrogens is 244 g/mol. The fraction of sp³-hybridized carbons (Fsp3) is 0.571. The van der Waals surface area contributed by atoms with Crippen LogP contribution >= 0.6 is 0 Å². The Morgan fingerprint density at radius 3 is 2.63 bits per heavy atom. The maximum absolute atomic E-state index is 10.5. The lowest BCUT2D eigenvalue weighted by Crippen LogP contribution is -2.36. The Hall–Kier alpha value is -1.46. The minimum Gasteiger partial charge on any atom is -0.383 e. The van der Waals surface area contributed by atoms with Crippen LogP contribution in [0.3, 0.4) is 0 Å². The zero-order chi connectivity index (χ0) is 13.7. The summed E-state index contributed by atoms with van der Waals surface area (Å²) in [6, 6.07) is 7.21. The van der Waals surface area contributed by atoms with E-state index in [1.807, 2.05) is 12.1 Å². The lowest BCUT2D eigenvalue weighted by molar-refractivity contribution is -0.384. The van der Waals surface area contributed by atoms with Gasteiger partial charge < -0.3 is 10.1 Å². The molecule has 1 unspecified atom stereocenters. The number of rotatable bonds is 8. The number of nitrogens with one attached hydrogen (secondary N) is 1. The Labute approximate surface area is 113 Å². The number of benzene rings is 1. The number of nitro groups is 1. The van der Waals surface area contributed by atoms with Gasteiger partial charge in [-0.25, -0.2) is 0 Å².